The zero-order chi connectivity index (χ0) is 12.3. The largest absolute Gasteiger partial charge is 0.550 e. The second-order valence-electron chi connectivity index (χ2n) is 3.27. The van der Waals surface area contributed by atoms with Crippen molar-refractivity contribution in [2.24, 2.45) is 0 Å². The van der Waals surface area contributed by atoms with Crippen LogP contribution in [0.3, 0.4) is 0 Å². The first-order valence-electron chi connectivity index (χ1n) is 4.40. The van der Waals surface area contributed by atoms with E-state index in [-0.39, 0.29) is 0 Å². The van der Waals surface area contributed by atoms with Crippen LogP contribution in [0.5, 0.6) is 0 Å². The Morgan fingerprint density at radius 2 is 1.25 bits per heavy atom. The highest BCUT2D eigenvalue weighted by Crippen LogP contribution is 2.03. The molecule has 1 rings (SSSR count). The Kier molecular flexibility index (Phi) is 3.44. The van der Waals surface area contributed by atoms with Gasteiger partial charge in [-0.05, 0) is 0 Å². The molecule has 0 aliphatic carbocycles. The maximum atomic E-state index is 11.2. The summed E-state index contributed by atoms with van der Waals surface area (Å²) in [6.07, 6.45) is -1.31. The van der Waals surface area contributed by atoms with Gasteiger partial charge in [-0.3, -0.25) is 9.59 Å². The Bertz CT molecular complexity index is 318. The van der Waals surface area contributed by atoms with Crippen molar-refractivity contribution in [1.82, 2.24) is 10.6 Å². The van der Waals surface area contributed by atoms with Crippen LogP contribution in [0.2, 0.25) is 0 Å². The molecule has 1 heterocycles. The molecule has 1 fully saturated rings. The topological polar surface area (TPSA) is 138 Å². The van der Waals surface area contributed by atoms with Crippen LogP contribution in [0, 0.1) is 0 Å². The summed E-state index contributed by atoms with van der Waals surface area (Å²) in [6, 6.07) is -2.45. The van der Waals surface area contributed by atoms with Crippen molar-refractivity contribution in [2.75, 3.05) is 0 Å². The first-order chi connectivity index (χ1) is 7.40. The van der Waals surface area contributed by atoms with Gasteiger partial charge in [0.25, 0.3) is 0 Å². The summed E-state index contributed by atoms with van der Waals surface area (Å²) in [4.78, 5) is 42.9. The van der Waals surface area contributed by atoms with Gasteiger partial charge >= 0.3 is 0 Å². The van der Waals surface area contributed by atoms with Crippen molar-refractivity contribution >= 4 is 23.8 Å². The highest BCUT2D eigenvalue weighted by Gasteiger charge is 2.33. The van der Waals surface area contributed by atoms with Crippen LogP contribution in [-0.2, 0) is 19.2 Å². The predicted octanol–water partition coefficient (Wildman–Crippen LogP) is -4.75. The summed E-state index contributed by atoms with van der Waals surface area (Å²) in [5.41, 5.74) is 0. The van der Waals surface area contributed by atoms with E-state index in [9.17, 15) is 29.4 Å². The zero-order valence-electron chi connectivity index (χ0n) is 8.02. The quantitative estimate of drug-likeness (QED) is 0.495. The first kappa shape index (κ1) is 12.0. The second kappa shape index (κ2) is 4.60. The number of carbonyl (C=O) groups is 4. The van der Waals surface area contributed by atoms with E-state index >= 15 is 0 Å². The van der Waals surface area contributed by atoms with Gasteiger partial charge in [0.2, 0.25) is 11.8 Å². The number of amides is 2. The smallest absolute Gasteiger partial charge is 0.243 e. The van der Waals surface area contributed by atoms with Crippen LogP contribution in [0.1, 0.15) is 12.8 Å². The number of carboxylic acids is 2. The van der Waals surface area contributed by atoms with E-state index in [0.717, 1.165) is 0 Å². The SMILES string of the molecule is O=C([O-])C[C@@H]1NC(=O)[C@H](CC(=O)[O-])NC1=O. The van der Waals surface area contributed by atoms with Crippen LogP contribution in [0.25, 0.3) is 0 Å². The molecule has 1 aliphatic rings. The monoisotopic (exact) mass is 228 g/mol. The third-order valence-corrected chi connectivity index (χ3v) is 2.01. The van der Waals surface area contributed by atoms with Crippen LogP contribution in [0.15, 0.2) is 0 Å². The number of aliphatic carboxylic acids is 2. The lowest BCUT2D eigenvalue weighted by molar-refractivity contribution is -0.307. The Balaban J connectivity index is 2.63. The van der Waals surface area contributed by atoms with Gasteiger partial charge in [0, 0.05) is 24.8 Å². The van der Waals surface area contributed by atoms with Crippen LogP contribution < -0.4 is 20.8 Å². The van der Waals surface area contributed by atoms with Crippen LogP contribution in [-0.4, -0.2) is 35.8 Å². The Labute approximate surface area is 89.6 Å². The Hall–Kier alpha value is -2.12. The van der Waals surface area contributed by atoms with Gasteiger partial charge in [-0.15, -0.1) is 0 Å². The fourth-order valence-electron chi connectivity index (χ4n) is 1.30. The Morgan fingerprint density at radius 1 is 0.938 bits per heavy atom. The minimum atomic E-state index is -1.49. The van der Waals surface area contributed by atoms with Gasteiger partial charge in [0.05, 0.1) is 0 Å². The molecule has 0 bridgehead atoms. The average Bonchev–Trinajstić information content (AvgIpc) is 2.11. The average molecular weight is 228 g/mol. The molecule has 0 radical (unpaired) electrons. The molecule has 16 heavy (non-hydrogen) atoms. The van der Waals surface area contributed by atoms with E-state index in [1.165, 1.54) is 0 Å². The van der Waals surface area contributed by atoms with E-state index in [0.29, 0.717) is 0 Å². The lowest BCUT2D eigenvalue weighted by atomic mass is 10.1. The molecule has 2 N–H and O–H groups in total. The van der Waals surface area contributed by atoms with Crippen molar-refractivity contribution in [3.63, 3.8) is 0 Å². The van der Waals surface area contributed by atoms with Gasteiger partial charge < -0.3 is 30.4 Å². The van der Waals surface area contributed by atoms with Crippen LogP contribution in [0.4, 0.5) is 0 Å². The summed E-state index contributed by atoms with van der Waals surface area (Å²) in [5, 5.41) is 24.6. The molecule has 1 aliphatic heterocycles. The van der Waals surface area contributed by atoms with E-state index < -0.39 is 48.7 Å². The lowest BCUT2D eigenvalue weighted by Crippen LogP contribution is -2.63. The van der Waals surface area contributed by atoms with Gasteiger partial charge in [-0.25, -0.2) is 0 Å². The molecule has 0 aromatic carbocycles. The summed E-state index contributed by atoms with van der Waals surface area (Å²) in [7, 11) is 0. The number of rotatable bonds is 4. The molecule has 0 aromatic heterocycles. The van der Waals surface area contributed by atoms with Gasteiger partial charge in [-0.1, -0.05) is 0 Å². The minimum absolute atomic E-state index is 0.657. The summed E-state index contributed by atoms with van der Waals surface area (Å²) >= 11 is 0. The highest BCUT2D eigenvalue weighted by molar-refractivity contribution is 5.99. The number of carboxylic acid groups (broad SMARTS) is 2. The fraction of sp³-hybridized carbons (Fsp3) is 0.500. The van der Waals surface area contributed by atoms with Crippen molar-refractivity contribution < 1.29 is 29.4 Å². The lowest BCUT2D eigenvalue weighted by Gasteiger charge is -2.29. The number of carbonyl (C=O) groups excluding carboxylic acids is 4. The molecule has 0 spiro atoms. The highest BCUT2D eigenvalue weighted by atomic mass is 16.4. The van der Waals surface area contributed by atoms with E-state index in [1.807, 2.05) is 0 Å². The normalized spacial score (nSPS) is 24.5. The van der Waals surface area contributed by atoms with Crippen LogP contribution >= 0.6 is 0 Å². The van der Waals surface area contributed by atoms with Gasteiger partial charge in [-0.2, -0.15) is 0 Å². The predicted molar refractivity (Wildman–Crippen MR) is 43.1 cm³/mol. The molecular weight excluding hydrogens is 220 g/mol. The number of hydrogen-bond donors (Lipinski definition) is 2. The second-order valence-corrected chi connectivity index (χ2v) is 3.27. The van der Waals surface area contributed by atoms with E-state index in [1.54, 1.807) is 0 Å². The molecule has 8 nitrogen and oxygen atoms in total. The number of hydrogen-bond acceptors (Lipinski definition) is 6. The molecular formula is C8H8N2O6-2. The molecule has 0 saturated carbocycles. The molecule has 0 unspecified atom stereocenters. The third-order valence-electron chi connectivity index (χ3n) is 2.01. The summed E-state index contributed by atoms with van der Waals surface area (Å²) in [5.74, 6) is -4.48. The van der Waals surface area contributed by atoms with Crippen molar-refractivity contribution in [1.29, 1.82) is 0 Å². The zero-order valence-corrected chi connectivity index (χ0v) is 8.02. The van der Waals surface area contributed by atoms with E-state index in [2.05, 4.69) is 10.6 Å². The van der Waals surface area contributed by atoms with Crippen molar-refractivity contribution in [2.45, 2.75) is 24.9 Å². The van der Waals surface area contributed by atoms with Crippen molar-refractivity contribution in [3.8, 4) is 0 Å². The summed E-state index contributed by atoms with van der Waals surface area (Å²) in [6.45, 7) is 0. The summed E-state index contributed by atoms with van der Waals surface area (Å²) < 4.78 is 0. The third kappa shape index (κ3) is 2.94. The Morgan fingerprint density at radius 3 is 1.50 bits per heavy atom. The van der Waals surface area contributed by atoms with E-state index in [4.69, 9.17) is 0 Å². The number of piperazine rings is 1. The molecule has 1 saturated heterocycles. The maximum absolute atomic E-state index is 11.2. The number of nitrogens with one attached hydrogen (secondary N) is 2. The molecule has 88 valence electrons. The molecule has 2 amide bonds. The van der Waals surface area contributed by atoms with Gasteiger partial charge in [0.1, 0.15) is 12.1 Å². The first-order valence-corrected chi connectivity index (χ1v) is 4.40. The molecule has 8 heteroatoms. The van der Waals surface area contributed by atoms with Gasteiger partial charge in [0.15, 0.2) is 0 Å². The fourth-order valence-corrected chi connectivity index (χ4v) is 1.30. The standard InChI is InChI=1S/C8H10N2O6/c11-5(12)1-3-7(15)10-4(2-6(13)14)8(16)9-3/h3-4H,1-2H2,(H,9,16)(H,10,15)(H,11,12)(H,13,14)/p-2/t3-,4-/m0/s1. The molecule has 0 aromatic rings. The maximum Gasteiger partial charge on any atom is 0.243 e. The van der Waals surface area contributed by atoms with Crippen molar-refractivity contribution in [3.05, 3.63) is 0 Å². The molecule has 2 atom stereocenters. The minimum Gasteiger partial charge on any atom is -0.550 e.